The number of rotatable bonds is 5. The standard InChI is InChI=1S/C11H13ClN2O2S/c1-2-14-10(15)6-16-9-5-7(12)3-4-8(9)11(13)17/h3-5H,2,6H2,1H3,(H2,13,17)(H,14,15). The number of halogens is 1. The lowest BCUT2D eigenvalue weighted by molar-refractivity contribution is -0.122. The molecule has 6 heteroatoms. The monoisotopic (exact) mass is 272 g/mol. The van der Waals surface area contributed by atoms with E-state index in [0.29, 0.717) is 22.9 Å². The molecule has 1 rings (SSSR count). The summed E-state index contributed by atoms with van der Waals surface area (Å²) in [4.78, 5) is 11.5. The summed E-state index contributed by atoms with van der Waals surface area (Å²) in [6.07, 6.45) is 0. The summed E-state index contributed by atoms with van der Waals surface area (Å²) < 4.78 is 5.33. The lowest BCUT2D eigenvalue weighted by Crippen LogP contribution is -2.28. The van der Waals surface area contributed by atoms with Gasteiger partial charge in [-0.2, -0.15) is 0 Å². The van der Waals surface area contributed by atoms with Gasteiger partial charge >= 0.3 is 0 Å². The van der Waals surface area contributed by atoms with E-state index in [9.17, 15) is 4.79 Å². The van der Waals surface area contributed by atoms with Gasteiger partial charge in [0.1, 0.15) is 10.7 Å². The Morgan fingerprint density at radius 3 is 2.88 bits per heavy atom. The van der Waals surface area contributed by atoms with Crippen LogP contribution in [-0.4, -0.2) is 24.0 Å². The first-order valence-electron chi connectivity index (χ1n) is 5.03. The van der Waals surface area contributed by atoms with Crippen molar-refractivity contribution >= 4 is 34.7 Å². The van der Waals surface area contributed by atoms with Crippen molar-refractivity contribution in [3.8, 4) is 5.75 Å². The lowest BCUT2D eigenvalue weighted by atomic mass is 10.2. The van der Waals surface area contributed by atoms with Gasteiger partial charge in [-0.15, -0.1) is 0 Å². The van der Waals surface area contributed by atoms with Gasteiger partial charge < -0.3 is 15.8 Å². The van der Waals surface area contributed by atoms with E-state index in [2.05, 4.69) is 5.32 Å². The van der Waals surface area contributed by atoms with E-state index >= 15 is 0 Å². The van der Waals surface area contributed by atoms with Crippen LogP contribution in [0.4, 0.5) is 0 Å². The zero-order valence-electron chi connectivity index (χ0n) is 9.33. The maximum Gasteiger partial charge on any atom is 0.257 e. The minimum Gasteiger partial charge on any atom is -0.483 e. The summed E-state index contributed by atoms with van der Waals surface area (Å²) in [5, 5.41) is 3.11. The fourth-order valence-corrected chi connectivity index (χ4v) is 1.54. The zero-order chi connectivity index (χ0) is 12.8. The Hall–Kier alpha value is -1.33. The van der Waals surface area contributed by atoms with Gasteiger partial charge in [0.05, 0.1) is 5.56 Å². The molecule has 17 heavy (non-hydrogen) atoms. The van der Waals surface area contributed by atoms with Crippen molar-refractivity contribution in [2.24, 2.45) is 5.73 Å². The first-order valence-corrected chi connectivity index (χ1v) is 5.82. The largest absolute Gasteiger partial charge is 0.483 e. The molecule has 3 N–H and O–H groups in total. The zero-order valence-corrected chi connectivity index (χ0v) is 10.9. The molecule has 0 saturated carbocycles. The molecule has 0 unspecified atom stereocenters. The molecule has 0 radical (unpaired) electrons. The van der Waals surface area contributed by atoms with Crippen molar-refractivity contribution < 1.29 is 9.53 Å². The van der Waals surface area contributed by atoms with Crippen LogP contribution in [0.1, 0.15) is 12.5 Å². The van der Waals surface area contributed by atoms with Crippen molar-refractivity contribution in [1.82, 2.24) is 5.32 Å². The normalized spacial score (nSPS) is 9.76. The number of thiocarbonyl (C=S) groups is 1. The predicted molar refractivity (Wildman–Crippen MR) is 71.5 cm³/mol. The van der Waals surface area contributed by atoms with Gasteiger partial charge in [0.15, 0.2) is 6.61 Å². The van der Waals surface area contributed by atoms with E-state index < -0.39 is 0 Å². The molecule has 92 valence electrons. The molecule has 0 aromatic heterocycles. The topological polar surface area (TPSA) is 64.3 Å². The number of hydrogen-bond acceptors (Lipinski definition) is 3. The summed E-state index contributed by atoms with van der Waals surface area (Å²) in [6, 6.07) is 4.90. The number of nitrogens with one attached hydrogen (secondary N) is 1. The highest BCUT2D eigenvalue weighted by Crippen LogP contribution is 2.23. The first-order chi connectivity index (χ1) is 8.04. The Labute approximate surface area is 110 Å². The molecule has 4 nitrogen and oxygen atoms in total. The second-order valence-electron chi connectivity index (χ2n) is 3.25. The van der Waals surface area contributed by atoms with E-state index in [-0.39, 0.29) is 17.5 Å². The Bertz CT molecular complexity index is 437. The number of likely N-dealkylation sites (N-methyl/N-ethyl adjacent to an activating group) is 1. The van der Waals surface area contributed by atoms with Crippen LogP contribution in [0.5, 0.6) is 5.75 Å². The van der Waals surface area contributed by atoms with Crippen molar-refractivity contribution in [2.45, 2.75) is 6.92 Å². The van der Waals surface area contributed by atoms with Crippen LogP contribution >= 0.6 is 23.8 Å². The van der Waals surface area contributed by atoms with Gasteiger partial charge in [0.2, 0.25) is 0 Å². The summed E-state index contributed by atoms with van der Waals surface area (Å²) in [7, 11) is 0. The Morgan fingerprint density at radius 1 is 1.59 bits per heavy atom. The highest BCUT2D eigenvalue weighted by Gasteiger charge is 2.09. The minimum atomic E-state index is -0.207. The smallest absolute Gasteiger partial charge is 0.257 e. The number of benzene rings is 1. The summed E-state index contributed by atoms with van der Waals surface area (Å²) in [6.45, 7) is 2.29. The molecule has 0 fully saturated rings. The highest BCUT2D eigenvalue weighted by molar-refractivity contribution is 7.80. The molecule has 0 aliphatic rings. The second-order valence-corrected chi connectivity index (χ2v) is 4.12. The van der Waals surface area contributed by atoms with Crippen LogP contribution < -0.4 is 15.8 Å². The molecule has 0 heterocycles. The van der Waals surface area contributed by atoms with Crippen molar-refractivity contribution in [3.63, 3.8) is 0 Å². The third-order valence-electron chi connectivity index (χ3n) is 1.94. The van der Waals surface area contributed by atoms with E-state index in [1.807, 2.05) is 6.92 Å². The Kier molecular flexibility index (Phi) is 5.18. The molecule has 1 amide bonds. The third kappa shape index (κ3) is 4.20. The van der Waals surface area contributed by atoms with Gasteiger partial charge in [-0.25, -0.2) is 0 Å². The second kappa shape index (κ2) is 6.42. The van der Waals surface area contributed by atoms with Crippen LogP contribution in [0, 0.1) is 0 Å². The van der Waals surface area contributed by atoms with Gasteiger partial charge in [-0.1, -0.05) is 23.8 Å². The maximum atomic E-state index is 11.2. The molecule has 0 aliphatic heterocycles. The molecular weight excluding hydrogens is 260 g/mol. The summed E-state index contributed by atoms with van der Waals surface area (Å²) >= 11 is 10.7. The fourth-order valence-electron chi connectivity index (χ4n) is 1.21. The van der Waals surface area contributed by atoms with E-state index in [1.165, 1.54) is 0 Å². The predicted octanol–water partition coefficient (Wildman–Crippen LogP) is 1.49. The summed E-state index contributed by atoms with van der Waals surface area (Å²) in [5.41, 5.74) is 6.10. The van der Waals surface area contributed by atoms with Crippen molar-refractivity contribution in [1.29, 1.82) is 0 Å². The molecule has 0 bridgehead atoms. The van der Waals surface area contributed by atoms with Crippen LogP contribution in [0.3, 0.4) is 0 Å². The van der Waals surface area contributed by atoms with Crippen LogP contribution in [-0.2, 0) is 4.79 Å². The van der Waals surface area contributed by atoms with Crippen LogP contribution in [0.15, 0.2) is 18.2 Å². The van der Waals surface area contributed by atoms with Crippen molar-refractivity contribution in [3.05, 3.63) is 28.8 Å². The highest BCUT2D eigenvalue weighted by atomic mass is 35.5. The van der Waals surface area contributed by atoms with Crippen LogP contribution in [0.25, 0.3) is 0 Å². The number of ether oxygens (including phenoxy) is 1. The molecule has 0 spiro atoms. The quantitative estimate of drug-likeness (QED) is 0.797. The minimum absolute atomic E-state index is 0.0935. The van der Waals surface area contributed by atoms with E-state index in [1.54, 1.807) is 18.2 Å². The maximum absolute atomic E-state index is 11.2. The number of carbonyl (C=O) groups is 1. The van der Waals surface area contributed by atoms with E-state index in [0.717, 1.165) is 0 Å². The Balaban J connectivity index is 2.78. The number of amides is 1. The van der Waals surface area contributed by atoms with Gasteiger partial charge in [-0.3, -0.25) is 4.79 Å². The first kappa shape index (κ1) is 13.7. The Morgan fingerprint density at radius 2 is 2.29 bits per heavy atom. The molecule has 0 saturated heterocycles. The molecule has 0 atom stereocenters. The molecular formula is C11H13ClN2O2S. The van der Waals surface area contributed by atoms with Crippen LogP contribution in [0.2, 0.25) is 5.02 Å². The van der Waals surface area contributed by atoms with E-state index in [4.69, 9.17) is 34.3 Å². The third-order valence-corrected chi connectivity index (χ3v) is 2.40. The number of nitrogens with two attached hydrogens (primary N) is 1. The van der Waals surface area contributed by atoms with Gasteiger partial charge in [0, 0.05) is 11.6 Å². The molecule has 1 aromatic rings. The van der Waals surface area contributed by atoms with Gasteiger partial charge in [-0.05, 0) is 25.1 Å². The van der Waals surface area contributed by atoms with Crippen molar-refractivity contribution in [2.75, 3.05) is 13.2 Å². The lowest BCUT2D eigenvalue weighted by Gasteiger charge is -2.10. The van der Waals surface area contributed by atoms with Gasteiger partial charge in [0.25, 0.3) is 5.91 Å². The fraction of sp³-hybridized carbons (Fsp3) is 0.273. The average molecular weight is 273 g/mol. The average Bonchev–Trinajstić information content (AvgIpc) is 2.26. The molecule has 0 aliphatic carbocycles. The number of hydrogen-bond donors (Lipinski definition) is 2. The summed E-state index contributed by atoms with van der Waals surface area (Å²) in [5.74, 6) is 0.206. The number of carbonyl (C=O) groups excluding carboxylic acids is 1. The molecule has 1 aromatic carbocycles. The SMILES string of the molecule is CCNC(=O)COc1cc(Cl)ccc1C(N)=S.